The van der Waals surface area contributed by atoms with Gasteiger partial charge in [-0.05, 0) is 34.1 Å². The van der Waals surface area contributed by atoms with Crippen molar-refractivity contribution in [3.05, 3.63) is 28.2 Å². The van der Waals surface area contributed by atoms with Gasteiger partial charge in [0.1, 0.15) is 0 Å². The second-order valence-corrected chi connectivity index (χ2v) is 4.97. The lowest BCUT2D eigenvalue weighted by atomic mass is 10.00. The fourth-order valence-electron chi connectivity index (χ4n) is 1.81. The predicted octanol–water partition coefficient (Wildman–Crippen LogP) is 2.90. The van der Waals surface area contributed by atoms with Crippen LogP contribution in [0.2, 0.25) is 0 Å². The minimum absolute atomic E-state index is 0.0765. The molecule has 6 heteroatoms. The Balaban J connectivity index is 2.22. The summed E-state index contributed by atoms with van der Waals surface area (Å²) in [4.78, 5) is 1.82. The van der Waals surface area contributed by atoms with Crippen molar-refractivity contribution >= 4 is 21.6 Å². The van der Waals surface area contributed by atoms with Crippen LogP contribution in [-0.4, -0.2) is 24.8 Å². The fraction of sp³-hybridized carbons (Fsp3) is 0.455. The number of benzene rings is 1. The predicted molar refractivity (Wildman–Crippen MR) is 61.9 cm³/mol. The average molecular weight is 310 g/mol. The lowest BCUT2D eigenvalue weighted by molar-refractivity contribution is -0.137. The Labute approximate surface area is 105 Å². The maximum atomic E-state index is 12.6. The first-order valence-corrected chi connectivity index (χ1v) is 5.93. The highest BCUT2D eigenvalue weighted by Gasteiger charge is 2.33. The summed E-state index contributed by atoms with van der Waals surface area (Å²) < 4.78 is 38.3. The van der Waals surface area contributed by atoms with E-state index in [1.165, 1.54) is 6.07 Å². The molecule has 1 aliphatic rings. The van der Waals surface area contributed by atoms with E-state index in [1.807, 2.05) is 4.90 Å². The lowest BCUT2D eigenvalue weighted by Crippen LogP contribution is -2.48. The summed E-state index contributed by atoms with van der Waals surface area (Å²) >= 11 is 3.24. The van der Waals surface area contributed by atoms with Crippen molar-refractivity contribution in [3.8, 4) is 0 Å². The standard InChI is InChI=1S/C11H11BrF3NO/c12-9-2-1-8(11(13,14)15)3-10(9)16-4-7(5-16)6-17/h1-3,7,17H,4-6H2. The number of halogens is 4. The van der Waals surface area contributed by atoms with Crippen LogP contribution in [0.1, 0.15) is 5.56 Å². The summed E-state index contributed by atoms with van der Waals surface area (Å²) in [6.45, 7) is 1.26. The molecule has 0 aromatic heterocycles. The summed E-state index contributed by atoms with van der Waals surface area (Å²) in [5.74, 6) is 0.163. The molecular weight excluding hydrogens is 299 g/mol. The van der Waals surface area contributed by atoms with Gasteiger partial charge in [0.25, 0.3) is 0 Å². The molecule has 17 heavy (non-hydrogen) atoms. The molecule has 2 nitrogen and oxygen atoms in total. The van der Waals surface area contributed by atoms with Gasteiger partial charge in [0.05, 0.1) is 11.3 Å². The van der Waals surface area contributed by atoms with Gasteiger partial charge in [-0.2, -0.15) is 13.2 Å². The topological polar surface area (TPSA) is 23.5 Å². The molecule has 1 aliphatic heterocycles. The van der Waals surface area contributed by atoms with E-state index in [0.29, 0.717) is 23.2 Å². The van der Waals surface area contributed by atoms with Crippen molar-refractivity contribution in [2.75, 3.05) is 24.6 Å². The third-order valence-corrected chi connectivity index (χ3v) is 3.50. The van der Waals surface area contributed by atoms with Crippen molar-refractivity contribution in [3.63, 3.8) is 0 Å². The zero-order valence-corrected chi connectivity index (χ0v) is 10.4. The maximum absolute atomic E-state index is 12.6. The normalized spacial score (nSPS) is 17.1. The molecular formula is C11H11BrF3NO. The van der Waals surface area contributed by atoms with E-state index in [2.05, 4.69) is 15.9 Å². The Morgan fingerprint density at radius 2 is 2.00 bits per heavy atom. The molecule has 1 fully saturated rings. The summed E-state index contributed by atoms with van der Waals surface area (Å²) in [7, 11) is 0. The van der Waals surface area contributed by atoms with E-state index < -0.39 is 11.7 Å². The van der Waals surface area contributed by atoms with Crippen LogP contribution in [0.3, 0.4) is 0 Å². The summed E-state index contributed by atoms with van der Waals surface area (Å²) in [5.41, 5.74) is -0.118. The smallest absolute Gasteiger partial charge is 0.396 e. The van der Waals surface area contributed by atoms with Gasteiger partial charge in [0.15, 0.2) is 0 Å². The van der Waals surface area contributed by atoms with Gasteiger partial charge in [-0.25, -0.2) is 0 Å². The average Bonchev–Trinajstić information content (AvgIpc) is 2.17. The van der Waals surface area contributed by atoms with Crippen LogP contribution < -0.4 is 4.90 Å². The molecule has 1 heterocycles. The highest BCUT2D eigenvalue weighted by Crippen LogP contribution is 2.37. The van der Waals surface area contributed by atoms with Crippen molar-refractivity contribution in [1.82, 2.24) is 0 Å². The first kappa shape index (κ1) is 12.7. The van der Waals surface area contributed by atoms with Crippen molar-refractivity contribution in [1.29, 1.82) is 0 Å². The number of alkyl halides is 3. The van der Waals surface area contributed by atoms with Gasteiger partial charge in [0.2, 0.25) is 0 Å². The largest absolute Gasteiger partial charge is 0.416 e. The van der Waals surface area contributed by atoms with Gasteiger partial charge >= 0.3 is 6.18 Å². The molecule has 94 valence electrons. The molecule has 0 unspecified atom stereocenters. The van der Waals surface area contributed by atoms with Crippen LogP contribution in [0.4, 0.5) is 18.9 Å². The zero-order chi connectivity index (χ0) is 12.6. The van der Waals surface area contributed by atoms with Crippen molar-refractivity contribution in [2.24, 2.45) is 5.92 Å². The Hall–Kier alpha value is -0.750. The minimum atomic E-state index is -4.32. The number of aliphatic hydroxyl groups excluding tert-OH is 1. The Morgan fingerprint density at radius 3 is 2.53 bits per heavy atom. The van der Waals surface area contributed by atoms with E-state index in [-0.39, 0.29) is 12.5 Å². The zero-order valence-electron chi connectivity index (χ0n) is 8.84. The number of nitrogens with zero attached hydrogens (tertiary/aromatic N) is 1. The molecule has 1 saturated heterocycles. The molecule has 0 spiro atoms. The molecule has 1 aromatic carbocycles. The first-order valence-electron chi connectivity index (χ1n) is 5.14. The monoisotopic (exact) mass is 309 g/mol. The fourth-order valence-corrected chi connectivity index (χ4v) is 2.31. The summed E-state index contributed by atoms with van der Waals surface area (Å²) in [6, 6.07) is 3.60. The Morgan fingerprint density at radius 1 is 1.35 bits per heavy atom. The molecule has 0 radical (unpaired) electrons. The van der Waals surface area contributed by atoms with Gasteiger partial charge in [-0.1, -0.05) is 0 Å². The van der Waals surface area contributed by atoms with Gasteiger partial charge in [-0.3, -0.25) is 0 Å². The van der Waals surface area contributed by atoms with Gasteiger partial charge in [-0.15, -0.1) is 0 Å². The van der Waals surface area contributed by atoms with E-state index >= 15 is 0 Å². The second-order valence-electron chi connectivity index (χ2n) is 4.12. The van der Waals surface area contributed by atoms with Gasteiger partial charge in [0, 0.05) is 30.1 Å². The van der Waals surface area contributed by atoms with Crippen LogP contribution in [0, 0.1) is 5.92 Å². The number of hydrogen-bond donors (Lipinski definition) is 1. The van der Waals surface area contributed by atoms with Crippen molar-refractivity contribution < 1.29 is 18.3 Å². The SMILES string of the molecule is OCC1CN(c2cc(C(F)(F)F)ccc2Br)C1. The number of rotatable bonds is 2. The highest BCUT2D eigenvalue weighted by molar-refractivity contribution is 9.10. The molecule has 2 rings (SSSR count). The quantitative estimate of drug-likeness (QED) is 0.908. The molecule has 0 aliphatic carbocycles. The molecule has 1 aromatic rings. The minimum Gasteiger partial charge on any atom is -0.396 e. The maximum Gasteiger partial charge on any atom is 0.416 e. The molecule has 0 saturated carbocycles. The third kappa shape index (κ3) is 2.57. The Bertz CT molecular complexity index is 416. The van der Waals surface area contributed by atoms with Crippen LogP contribution in [0.15, 0.2) is 22.7 Å². The second kappa shape index (κ2) is 4.49. The van der Waals surface area contributed by atoms with Crippen LogP contribution in [-0.2, 0) is 6.18 Å². The summed E-state index contributed by atoms with van der Waals surface area (Å²) in [6.07, 6.45) is -4.32. The summed E-state index contributed by atoms with van der Waals surface area (Å²) in [5, 5.41) is 8.89. The third-order valence-electron chi connectivity index (χ3n) is 2.83. The number of aliphatic hydroxyl groups is 1. The van der Waals surface area contributed by atoms with Crippen molar-refractivity contribution in [2.45, 2.75) is 6.18 Å². The number of hydrogen-bond acceptors (Lipinski definition) is 2. The van der Waals surface area contributed by atoms with Crippen LogP contribution in [0.5, 0.6) is 0 Å². The van der Waals surface area contributed by atoms with E-state index in [1.54, 1.807) is 0 Å². The van der Waals surface area contributed by atoms with E-state index in [4.69, 9.17) is 5.11 Å². The van der Waals surface area contributed by atoms with E-state index in [9.17, 15) is 13.2 Å². The number of anilines is 1. The highest BCUT2D eigenvalue weighted by atomic mass is 79.9. The van der Waals surface area contributed by atoms with Crippen LogP contribution >= 0.6 is 15.9 Å². The molecule has 0 atom stereocenters. The lowest BCUT2D eigenvalue weighted by Gasteiger charge is -2.40. The Kier molecular flexibility index (Phi) is 3.36. The van der Waals surface area contributed by atoms with Crippen LogP contribution in [0.25, 0.3) is 0 Å². The van der Waals surface area contributed by atoms with Gasteiger partial charge < -0.3 is 10.0 Å². The first-order chi connectivity index (χ1) is 7.91. The molecule has 1 N–H and O–H groups in total. The molecule has 0 amide bonds. The molecule has 0 bridgehead atoms. The van der Waals surface area contributed by atoms with E-state index in [0.717, 1.165) is 12.1 Å².